The average Bonchev–Trinajstić information content (AvgIpc) is 3.39. The van der Waals surface area contributed by atoms with Crippen molar-refractivity contribution in [2.75, 3.05) is 0 Å². The van der Waals surface area contributed by atoms with Crippen molar-refractivity contribution in [2.24, 2.45) is 0 Å². The van der Waals surface area contributed by atoms with E-state index in [2.05, 4.69) is 65.7 Å². The van der Waals surface area contributed by atoms with E-state index in [0.717, 1.165) is 6.54 Å². The van der Waals surface area contributed by atoms with Crippen LogP contribution in [0.25, 0.3) is 0 Å². The van der Waals surface area contributed by atoms with Crippen LogP contribution >= 0.6 is 0 Å². The molecule has 0 fully saturated rings. The van der Waals surface area contributed by atoms with Crippen molar-refractivity contribution in [3.63, 3.8) is 0 Å². The SMILES string of the molecule is CCCCCCCCCCCCCCCCCn1cc[n+](Cc2ccccc2)c1CCCCCCCCCCCCC. The zero-order valence-electron chi connectivity index (χ0n) is 28.4. The maximum Gasteiger partial charge on any atom is 0.256 e. The number of benzene rings is 1. The van der Waals surface area contributed by atoms with E-state index < -0.39 is 0 Å². The van der Waals surface area contributed by atoms with Crippen LogP contribution in [0.5, 0.6) is 0 Å². The Balaban J connectivity index is 1.60. The number of aryl methyl sites for hydroxylation is 1. The van der Waals surface area contributed by atoms with E-state index in [0.29, 0.717) is 0 Å². The maximum atomic E-state index is 2.58. The Kier molecular flexibility index (Phi) is 23.6. The lowest BCUT2D eigenvalue weighted by molar-refractivity contribution is -0.695. The zero-order chi connectivity index (χ0) is 29.8. The molecule has 0 N–H and O–H groups in total. The van der Waals surface area contributed by atoms with Gasteiger partial charge >= 0.3 is 0 Å². The van der Waals surface area contributed by atoms with Gasteiger partial charge in [-0.1, -0.05) is 192 Å². The minimum Gasteiger partial charge on any atom is -0.234 e. The van der Waals surface area contributed by atoms with Crippen molar-refractivity contribution in [1.29, 1.82) is 0 Å². The highest BCUT2D eigenvalue weighted by atomic mass is 15.1. The highest BCUT2D eigenvalue weighted by Gasteiger charge is 2.17. The Morgan fingerprint density at radius 2 is 0.881 bits per heavy atom. The summed E-state index contributed by atoms with van der Waals surface area (Å²) < 4.78 is 5.11. The van der Waals surface area contributed by atoms with E-state index in [1.165, 1.54) is 185 Å². The second kappa shape index (κ2) is 27.0. The van der Waals surface area contributed by atoms with Gasteiger partial charge in [0, 0.05) is 6.42 Å². The Morgan fingerprint density at radius 1 is 0.476 bits per heavy atom. The van der Waals surface area contributed by atoms with E-state index in [9.17, 15) is 0 Å². The summed E-state index contributed by atoms with van der Waals surface area (Å²) in [5.41, 5.74) is 1.41. The second-order valence-corrected chi connectivity index (χ2v) is 13.3. The van der Waals surface area contributed by atoms with Crippen LogP contribution in [0.2, 0.25) is 0 Å². The first kappa shape index (κ1) is 36.6. The Labute approximate surface area is 263 Å². The Bertz CT molecular complexity index is 823. The van der Waals surface area contributed by atoms with Crippen molar-refractivity contribution < 1.29 is 4.57 Å². The molecule has 1 heterocycles. The number of unbranched alkanes of at least 4 members (excludes halogenated alkanes) is 24. The van der Waals surface area contributed by atoms with Gasteiger partial charge < -0.3 is 0 Å². The largest absolute Gasteiger partial charge is 0.256 e. The smallest absolute Gasteiger partial charge is 0.234 e. The lowest BCUT2D eigenvalue weighted by Crippen LogP contribution is -2.37. The fourth-order valence-electron chi connectivity index (χ4n) is 6.51. The summed E-state index contributed by atoms with van der Waals surface area (Å²) in [6, 6.07) is 11.0. The number of hydrogen-bond donors (Lipinski definition) is 0. The quantitative estimate of drug-likeness (QED) is 0.0643. The summed E-state index contributed by atoms with van der Waals surface area (Å²) in [6.45, 7) is 6.80. The highest BCUT2D eigenvalue weighted by Crippen LogP contribution is 2.15. The molecule has 2 aromatic rings. The van der Waals surface area contributed by atoms with Gasteiger partial charge in [0.25, 0.3) is 5.82 Å². The van der Waals surface area contributed by atoms with Gasteiger partial charge in [0.2, 0.25) is 0 Å². The molecule has 0 unspecified atom stereocenters. The van der Waals surface area contributed by atoms with E-state index in [1.54, 1.807) is 5.82 Å². The van der Waals surface area contributed by atoms with Gasteiger partial charge in [-0.3, -0.25) is 0 Å². The van der Waals surface area contributed by atoms with Crippen molar-refractivity contribution in [2.45, 2.75) is 200 Å². The lowest BCUT2D eigenvalue weighted by atomic mass is 10.0. The van der Waals surface area contributed by atoms with Gasteiger partial charge in [0.15, 0.2) is 0 Å². The molecule has 240 valence electrons. The summed E-state index contributed by atoms with van der Waals surface area (Å²) in [7, 11) is 0. The number of imidazole rings is 1. The molecule has 0 saturated heterocycles. The summed E-state index contributed by atoms with van der Waals surface area (Å²) in [4.78, 5) is 0. The first-order chi connectivity index (χ1) is 20.8. The predicted molar refractivity (Wildman–Crippen MR) is 185 cm³/mol. The summed E-state index contributed by atoms with van der Waals surface area (Å²) in [5.74, 6) is 1.54. The fourth-order valence-corrected chi connectivity index (χ4v) is 6.51. The van der Waals surface area contributed by atoms with E-state index in [-0.39, 0.29) is 0 Å². The van der Waals surface area contributed by atoms with Gasteiger partial charge in [0.05, 0.1) is 6.54 Å². The van der Waals surface area contributed by atoms with Crippen LogP contribution < -0.4 is 4.57 Å². The normalized spacial score (nSPS) is 11.5. The fraction of sp³-hybridized carbons (Fsp3) is 0.775. The maximum absolute atomic E-state index is 2.58. The molecule has 1 aromatic heterocycles. The minimum absolute atomic E-state index is 1.00. The summed E-state index contributed by atoms with van der Waals surface area (Å²) in [5, 5.41) is 0. The first-order valence-electron chi connectivity index (χ1n) is 19.0. The van der Waals surface area contributed by atoms with Crippen LogP contribution in [-0.4, -0.2) is 4.57 Å². The van der Waals surface area contributed by atoms with Gasteiger partial charge in [-0.15, -0.1) is 0 Å². The van der Waals surface area contributed by atoms with Crippen LogP contribution in [-0.2, 0) is 19.5 Å². The molecule has 42 heavy (non-hydrogen) atoms. The molecule has 0 amide bonds. The number of rotatable bonds is 30. The molecule has 2 nitrogen and oxygen atoms in total. The zero-order valence-corrected chi connectivity index (χ0v) is 28.4. The summed E-state index contributed by atoms with van der Waals surface area (Å²) >= 11 is 0. The summed E-state index contributed by atoms with van der Waals surface area (Å²) in [6.07, 6.45) is 43.0. The van der Waals surface area contributed by atoms with Crippen molar-refractivity contribution >= 4 is 0 Å². The molecule has 0 aliphatic rings. The molecule has 0 bridgehead atoms. The van der Waals surface area contributed by atoms with Crippen molar-refractivity contribution in [3.8, 4) is 0 Å². The Hall–Kier alpha value is -1.57. The van der Waals surface area contributed by atoms with E-state index >= 15 is 0 Å². The first-order valence-corrected chi connectivity index (χ1v) is 19.0. The van der Waals surface area contributed by atoms with Crippen LogP contribution in [0.4, 0.5) is 0 Å². The van der Waals surface area contributed by atoms with Crippen LogP contribution in [0.3, 0.4) is 0 Å². The molecule has 0 saturated carbocycles. The van der Waals surface area contributed by atoms with Crippen molar-refractivity contribution in [3.05, 3.63) is 54.1 Å². The Morgan fingerprint density at radius 3 is 1.33 bits per heavy atom. The molecule has 2 heteroatoms. The third kappa shape index (κ3) is 18.9. The van der Waals surface area contributed by atoms with Crippen LogP contribution in [0.1, 0.15) is 192 Å². The van der Waals surface area contributed by atoms with Crippen LogP contribution in [0, 0.1) is 0 Å². The monoisotopic (exact) mass is 580 g/mol. The number of nitrogens with zero attached hydrogens (tertiary/aromatic N) is 2. The molecule has 2 rings (SSSR count). The standard InChI is InChI=1S/C40H71N2/c1-3-5-7-9-11-13-15-16-17-18-20-22-24-26-31-35-41-36-37-42(38-39-32-28-27-29-33-39)40(41)34-30-25-23-21-19-14-12-10-8-6-4-2/h27-29,32-33,36-37H,3-26,30-31,34-35,38H2,1-2H3/q+1. The van der Waals surface area contributed by atoms with Crippen LogP contribution in [0.15, 0.2) is 42.7 Å². The second-order valence-electron chi connectivity index (χ2n) is 13.3. The molecule has 0 radical (unpaired) electrons. The lowest BCUT2D eigenvalue weighted by Gasteiger charge is -2.07. The molecular formula is C40H71N2+. The molecular weight excluding hydrogens is 508 g/mol. The van der Waals surface area contributed by atoms with Gasteiger partial charge in [-0.25, -0.2) is 9.13 Å². The average molecular weight is 580 g/mol. The van der Waals surface area contributed by atoms with Gasteiger partial charge in [-0.2, -0.15) is 0 Å². The molecule has 0 aliphatic carbocycles. The third-order valence-corrected chi connectivity index (χ3v) is 9.29. The van der Waals surface area contributed by atoms with Crippen molar-refractivity contribution in [1.82, 2.24) is 4.57 Å². The molecule has 0 atom stereocenters. The van der Waals surface area contributed by atoms with Gasteiger partial charge in [0.1, 0.15) is 18.9 Å². The topological polar surface area (TPSA) is 8.81 Å². The number of aromatic nitrogens is 2. The molecule has 1 aromatic carbocycles. The highest BCUT2D eigenvalue weighted by molar-refractivity contribution is 5.13. The minimum atomic E-state index is 1.00. The predicted octanol–water partition coefficient (Wildman–Crippen LogP) is 12.5. The van der Waals surface area contributed by atoms with Gasteiger partial charge in [-0.05, 0) is 24.8 Å². The van der Waals surface area contributed by atoms with E-state index in [1.807, 2.05) is 0 Å². The number of hydrogen-bond acceptors (Lipinski definition) is 0. The molecule has 0 spiro atoms. The van der Waals surface area contributed by atoms with E-state index in [4.69, 9.17) is 0 Å². The third-order valence-electron chi connectivity index (χ3n) is 9.29. The molecule has 0 aliphatic heterocycles.